The minimum absolute atomic E-state index is 0.821. The van der Waals surface area contributed by atoms with E-state index in [9.17, 15) is 0 Å². The Morgan fingerprint density at radius 1 is 1.12 bits per heavy atom. The molecule has 1 heterocycles. The van der Waals surface area contributed by atoms with Crippen molar-refractivity contribution in [1.82, 2.24) is 9.88 Å². The van der Waals surface area contributed by atoms with Crippen LogP contribution in [0.15, 0.2) is 58.4 Å². The fraction of sp³-hybridized carbons (Fsp3) is 0.211. The molecular weight excluding hydrogens is 384 g/mol. The minimum Gasteiger partial charge on any atom is -0.496 e. The van der Waals surface area contributed by atoms with Crippen molar-refractivity contribution in [3.05, 3.63) is 69.6 Å². The van der Waals surface area contributed by atoms with Gasteiger partial charge >= 0.3 is 0 Å². The van der Waals surface area contributed by atoms with Crippen molar-refractivity contribution in [3.8, 4) is 16.3 Å². The number of aromatic nitrogens is 1. The second kappa shape index (κ2) is 7.92. The molecule has 0 aliphatic rings. The highest BCUT2D eigenvalue weighted by Crippen LogP contribution is 2.34. The SMILES string of the molecule is COc1ccc(Br)cc1-c1nc(CN(C)Cc2ccccc2)cs1. The quantitative estimate of drug-likeness (QED) is 0.565. The van der Waals surface area contributed by atoms with Gasteiger partial charge in [0.25, 0.3) is 0 Å². The highest BCUT2D eigenvalue weighted by Gasteiger charge is 2.12. The van der Waals surface area contributed by atoms with Crippen LogP contribution in [0.2, 0.25) is 0 Å². The van der Waals surface area contributed by atoms with Crippen LogP contribution in [0.3, 0.4) is 0 Å². The average molecular weight is 403 g/mol. The van der Waals surface area contributed by atoms with Gasteiger partial charge in [0.15, 0.2) is 0 Å². The normalized spacial score (nSPS) is 11.0. The van der Waals surface area contributed by atoms with Gasteiger partial charge in [-0.05, 0) is 30.8 Å². The summed E-state index contributed by atoms with van der Waals surface area (Å²) in [5.74, 6) is 0.844. The van der Waals surface area contributed by atoms with Crippen LogP contribution < -0.4 is 4.74 Å². The molecule has 0 saturated heterocycles. The van der Waals surface area contributed by atoms with Gasteiger partial charge in [-0.2, -0.15) is 0 Å². The van der Waals surface area contributed by atoms with Crippen LogP contribution in [0.5, 0.6) is 5.75 Å². The molecule has 0 unspecified atom stereocenters. The highest BCUT2D eigenvalue weighted by atomic mass is 79.9. The molecule has 3 nitrogen and oxygen atoms in total. The van der Waals surface area contributed by atoms with Gasteiger partial charge in [-0.3, -0.25) is 4.90 Å². The molecule has 0 fully saturated rings. The summed E-state index contributed by atoms with van der Waals surface area (Å²) in [6.07, 6.45) is 0. The lowest BCUT2D eigenvalue weighted by Gasteiger charge is -2.15. The predicted molar refractivity (Wildman–Crippen MR) is 103 cm³/mol. The number of nitrogens with zero attached hydrogens (tertiary/aromatic N) is 2. The van der Waals surface area contributed by atoms with Gasteiger partial charge in [0.2, 0.25) is 0 Å². The van der Waals surface area contributed by atoms with E-state index >= 15 is 0 Å². The Kier molecular flexibility index (Phi) is 5.66. The number of benzene rings is 2. The molecule has 0 atom stereocenters. The number of thiazole rings is 1. The van der Waals surface area contributed by atoms with Crippen molar-refractivity contribution in [3.63, 3.8) is 0 Å². The number of halogens is 1. The Bertz CT molecular complexity index is 804. The summed E-state index contributed by atoms with van der Waals surface area (Å²) in [7, 11) is 3.81. The van der Waals surface area contributed by atoms with E-state index in [0.717, 1.165) is 39.6 Å². The van der Waals surface area contributed by atoms with Crippen LogP contribution in [-0.4, -0.2) is 24.0 Å². The number of hydrogen-bond acceptors (Lipinski definition) is 4. The number of hydrogen-bond donors (Lipinski definition) is 0. The first kappa shape index (κ1) is 17.1. The van der Waals surface area contributed by atoms with Crippen LogP contribution in [0.4, 0.5) is 0 Å². The average Bonchev–Trinajstić information content (AvgIpc) is 3.04. The van der Waals surface area contributed by atoms with E-state index in [-0.39, 0.29) is 0 Å². The summed E-state index contributed by atoms with van der Waals surface area (Å²) >= 11 is 5.17. The Morgan fingerprint density at radius 2 is 1.92 bits per heavy atom. The molecule has 0 aliphatic carbocycles. The fourth-order valence-electron chi connectivity index (χ4n) is 2.58. The van der Waals surface area contributed by atoms with E-state index in [4.69, 9.17) is 9.72 Å². The summed E-state index contributed by atoms with van der Waals surface area (Å²) in [5.41, 5.74) is 3.41. The molecule has 3 aromatic rings. The third-order valence-electron chi connectivity index (χ3n) is 3.67. The molecule has 0 N–H and O–H groups in total. The minimum atomic E-state index is 0.821. The molecule has 5 heteroatoms. The maximum absolute atomic E-state index is 5.46. The van der Waals surface area contributed by atoms with E-state index in [0.29, 0.717) is 0 Å². The number of methoxy groups -OCH3 is 1. The molecule has 0 saturated carbocycles. The molecule has 3 rings (SSSR count). The Labute approximate surface area is 155 Å². The van der Waals surface area contributed by atoms with Gasteiger partial charge in [0.05, 0.1) is 18.4 Å². The van der Waals surface area contributed by atoms with Crippen molar-refractivity contribution in [1.29, 1.82) is 0 Å². The van der Waals surface area contributed by atoms with Gasteiger partial charge in [-0.1, -0.05) is 46.3 Å². The fourth-order valence-corrected chi connectivity index (χ4v) is 3.77. The highest BCUT2D eigenvalue weighted by molar-refractivity contribution is 9.10. The number of ether oxygens (including phenoxy) is 1. The van der Waals surface area contributed by atoms with Gasteiger partial charge < -0.3 is 4.74 Å². The zero-order valence-corrected chi connectivity index (χ0v) is 16.1. The first-order valence-corrected chi connectivity index (χ1v) is 9.34. The van der Waals surface area contributed by atoms with Gasteiger partial charge in [0, 0.05) is 22.9 Å². The topological polar surface area (TPSA) is 25.4 Å². The molecule has 2 aromatic carbocycles. The summed E-state index contributed by atoms with van der Waals surface area (Å²) < 4.78 is 6.48. The molecule has 24 heavy (non-hydrogen) atoms. The molecular formula is C19H19BrN2OS. The maximum Gasteiger partial charge on any atom is 0.129 e. The Morgan fingerprint density at radius 3 is 2.67 bits per heavy atom. The lowest BCUT2D eigenvalue weighted by molar-refractivity contribution is 0.316. The van der Waals surface area contributed by atoms with Crippen molar-refractivity contribution in [2.24, 2.45) is 0 Å². The lowest BCUT2D eigenvalue weighted by atomic mass is 10.2. The largest absolute Gasteiger partial charge is 0.496 e. The van der Waals surface area contributed by atoms with Crippen molar-refractivity contribution >= 4 is 27.3 Å². The van der Waals surface area contributed by atoms with Crippen molar-refractivity contribution in [2.75, 3.05) is 14.2 Å². The molecule has 0 radical (unpaired) electrons. The second-order valence-corrected chi connectivity index (χ2v) is 7.42. The van der Waals surface area contributed by atoms with Crippen molar-refractivity contribution < 1.29 is 4.74 Å². The standard InChI is InChI=1S/C19H19BrN2OS/c1-22(11-14-6-4-3-5-7-14)12-16-13-24-19(21-16)17-10-15(20)8-9-18(17)23-2/h3-10,13H,11-12H2,1-2H3. The van der Waals surface area contributed by atoms with E-state index in [1.807, 2.05) is 18.2 Å². The lowest BCUT2D eigenvalue weighted by Crippen LogP contribution is -2.17. The monoisotopic (exact) mass is 402 g/mol. The third-order valence-corrected chi connectivity index (χ3v) is 5.09. The van der Waals surface area contributed by atoms with Crippen LogP contribution in [0.25, 0.3) is 10.6 Å². The zero-order valence-electron chi connectivity index (χ0n) is 13.7. The number of rotatable bonds is 6. The molecule has 0 aliphatic heterocycles. The summed E-state index contributed by atoms with van der Waals surface area (Å²) in [6.45, 7) is 1.73. The van der Waals surface area contributed by atoms with Crippen LogP contribution >= 0.6 is 27.3 Å². The predicted octanol–water partition coefficient (Wildman–Crippen LogP) is 5.21. The van der Waals surface area contributed by atoms with Crippen LogP contribution in [-0.2, 0) is 13.1 Å². The molecule has 0 bridgehead atoms. The first-order valence-electron chi connectivity index (χ1n) is 7.66. The Balaban J connectivity index is 1.73. The maximum atomic E-state index is 5.46. The summed E-state index contributed by atoms with van der Waals surface area (Å²) in [4.78, 5) is 7.06. The zero-order chi connectivity index (χ0) is 16.9. The molecule has 124 valence electrons. The summed E-state index contributed by atoms with van der Waals surface area (Å²) in [5, 5.41) is 3.10. The van der Waals surface area contributed by atoms with Gasteiger partial charge in [-0.15, -0.1) is 11.3 Å². The van der Waals surface area contributed by atoms with E-state index in [1.165, 1.54) is 5.56 Å². The van der Waals surface area contributed by atoms with Crippen LogP contribution in [0, 0.1) is 0 Å². The van der Waals surface area contributed by atoms with E-state index in [1.54, 1.807) is 18.4 Å². The van der Waals surface area contributed by atoms with E-state index in [2.05, 4.69) is 63.6 Å². The van der Waals surface area contributed by atoms with Crippen molar-refractivity contribution in [2.45, 2.75) is 13.1 Å². The summed E-state index contributed by atoms with van der Waals surface area (Å²) in [6, 6.07) is 16.5. The molecule has 0 spiro atoms. The van der Waals surface area contributed by atoms with Crippen LogP contribution in [0.1, 0.15) is 11.3 Å². The van der Waals surface area contributed by atoms with Gasteiger partial charge in [-0.25, -0.2) is 4.98 Å². The Hall–Kier alpha value is -1.69. The van der Waals surface area contributed by atoms with E-state index < -0.39 is 0 Å². The third kappa shape index (κ3) is 4.23. The smallest absolute Gasteiger partial charge is 0.129 e. The first-order chi connectivity index (χ1) is 11.7. The second-order valence-electron chi connectivity index (χ2n) is 5.65. The molecule has 1 aromatic heterocycles. The molecule has 0 amide bonds. The van der Waals surface area contributed by atoms with Gasteiger partial charge in [0.1, 0.15) is 10.8 Å².